The summed E-state index contributed by atoms with van der Waals surface area (Å²) in [5.74, 6) is 0.609. The molecule has 1 N–H and O–H groups in total. The molecule has 0 amide bonds. The van der Waals surface area contributed by atoms with Crippen molar-refractivity contribution < 1.29 is 4.74 Å². The van der Waals surface area contributed by atoms with Gasteiger partial charge in [0.1, 0.15) is 5.84 Å². The van der Waals surface area contributed by atoms with Crippen LogP contribution in [0.5, 0.6) is 0 Å². The molecule has 0 saturated carbocycles. The summed E-state index contributed by atoms with van der Waals surface area (Å²) in [4.78, 5) is 2.10. The smallest absolute Gasteiger partial charge is 0.128 e. The quantitative estimate of drug-likeness (QED) is 0.579. The number of hydrogen-bond donors (Lipinski definition) is 1. The Labute approximate surface area is 96.5 Å². The molecule has 1 aromatic rings. The molecule has 3 nitrogen and oxygen atoms in total. The van der Waals surface area contributed by atoms with E-state index in [4.69, 9.17) is 10.1 Å². The molecule has 16 heavy (non-hydrogen) atoms. The van der Waals surface area contributed by atoms with Crippen molar-refractivity contribution in [1.82, 2.24) is 4.90 Å². The summed E-state index contributed by atoms with van der Waals surface area (Å²) in [6.07, 6.45) is 1.21. The molecule has 1 heterocycles. The maximum atomic E-state index is 8.18. The first-order chi connectivity index (χ1) is 7.77. The number of ether oxygens (including phenoxy) is 1. The van der Waals surface area contributed by atoms with Gasteiger partial charge in [0.15, 0.2) is 0 Å². The fraction of sp³-hybridized carbons (Fsp3) is 0.462. The summed E-state index contributed by atoms with van der Waals surface area (Å²) < 4.78 is 5.58. The Morgan fingerprint density at radius 2 is 2.12 bits per heavy atom. The van der Waals surface area contributed by atoms with Crippen molar-refractivity contribution in [2.45, 2.75) is 19.4 Å². The molecule has 0 bridgehead atoms. The molecule has 1 unspecified atom stereocenters. The van der Waals surface area contributed by atoms with Crippen LogP contribution in [0.4, 0.5) is 0 Å². The van der Waals surface area contributed by atoms with E-state index in [1.165, 1.54) is 0 Å². The van der Waals surface area contributed by atoms with Gasteiger partial charge in [-0.1, -0.05) is 30.3 Å². The molecule has 0 spiro atoms. The van der Waals surface area contributed by atoms with Crippen molar-refractivity contribution in [2.75, 3.05) is 19.7 Å². The maximum absolute atomic E-state index is 8.18. The number of hydrogen-bond acceptors (Lipinski definition) is 2. The topological polar surface area (TPSA) is 36.3 Å². The van der Waals surface area contributed by atoms with Crippen LogP contribution in [0.3, 0.4) is 0 Å². The maximum Gasteiger partial charge on any atom is 0.128 e. The third kappa shape index (κ3) is 2.61. The number of benzene rings is 1. The Balaban J connectivity index is 2.09. The Hall–Kier alpha value is -1.35. The molecular weight excluding hydrogens is 200 g/mol. The van der Waals surface area contributed by atoms with Gasteiger partial charge in [0.05, 0.1) is 6.10 Å². The molecule has 1 aliphatic rings. The highest BCUT2D eigenvalue weighted by atomic mass is 16.5. The highest BCUT2D eigenvalue weighted by Gasteiger charge is 2.17. The average molecular weight is 218 g/mol. The molecule has 1 aliphatic heterocycles. The van der Waals surface area contributed by atoms with Gasteiger partial charge in [-0.2, -0.15) is 0 Å². The number of nitrogens with one attached hydrogen (secondary N) is 1. The minimum Gasteiger partial charge on any atom is -0.377 e. The van der Waals surface area contributed by atoms with E-state index in [9.17, 15) is 0 Å². The van der Waals surface area contributed by atoms with E-state index in [0.717, 1.165) is 31.7 Å². The van der Waals surface area contributed by atoms with Gasteiger partial charge in [0, 0.05) is 25.3 Å². The van der Waals surface area contributed by atoms with Crippen molar-refractivity contribution in [3.8, 4) is 0 Å². The zero-order chi connectivity index (χ0) is 11.4. The first kappa shape index (κ1) is 11.1. The number of rotatable bonds is 1. The predicted molar refractivity (Wildman–Crippen MR) is 64.9 cm³/mol. The zero-order valence-electron chi connectivity index (χ0n) is 9.65. The second-order valence-electron chi connectivity index (χ2n) is 4.20. The predicted octanol–water partition coefficient (Wildman–Crippen LogP) is 2.12. The Morgan fingerprint density at radius 3 is 2.88 bits per heavy atom. The summed E-state index contributed by atoms with van der Waals surface area (Å²) in [6, 6.07) is 9.89. The summed E-state index contributed by atoms with van der Waals surface area (Å²) in [7, 11) is 0. The fourth-order valence-electron chi connectivity index (χ4n) is 1.98. The van der Waals surface area contributed by atoms with E-state index in [2.05, 4.69) is 11.8 Å². The lowest BCUT2D eigenvalue weighted by atomic mass is 10.2. The number of amidine groups is 1. The molecule has 1 fully saturated rings. The lowest BCUT2D eigenvalue weighted by molar-refractivity contribution is 0.0743. The molecule has 0 radical (unpaired) electrons. The summed E-state index contributed by atoms with van der Waals surface area (Å²) in [5.41, 5.74) is 0.983. The van der Waals surface area contributed by atoms with Gasteiger partial charge in [0.2, 0.25) is 0 Å². The van der Waals surface area contributed by atoms with E-state index >= 15 is 0 Å². The van der Waals surface area contributed by atoms with Crippen molar-refractivity contribution in [1.29, 1.82) is 5.41 Å². The van der Waals surface area contributed by atoms with Gasteiger partial charge in [-0.15, -0.1) is 0 Å². The van der Waals surface area contributed by atoms with Crippen LogP contribution in [0.15, 0.2) is 30.3 Å². The van der Waals surface area contributed by atoms with Gasteiger partial charge in [-0.3, -0.25) is 5.41 Å². The molecule has 86 valence electrons. The first-order valence-corrected chi connectivity index (χ1v) is 5.78. The average Bonchev–Trinajstić information content (AvgIpc) is 2.54. The Morgan fingerprint density at radius 1 is 1.38 bits per heavy atom. The zero-order valence-corrected chi connectivity index (χ0v) is 9.65. The molecule has 0 aliphatic carbocycles. The van der Waals surface area contributed by atoms with Gasteiger partial charge in [0.25, 0.3) is 0 Å². The monoisotopic (exact) mass is 218 g/mol. The Bertz CT molecular complexity index is 350. The van der Waals surface area contributed by atoms with Crippen LogP contribution in [-0.4, -0.2) is 36.5 Å². The van der Waals surface area contributed by atoms with Crippen LogP contribution in [0.1, 0.15) is 18.9 Å². The molecule has 0 aromatic heterocycles. The highest BCUT2D eigenvalue weighted by Crippen LogP contribution is 2.10. The summed E-state index contributed by atoms with van der Waals surface area (Å²) in [5, 5.41) is 8.18. The second kappa shape index (κ2) is 5.12. The second-order valence-corrected chi connectivity index (χ2v) is 4.20. The van der Waals surface area contributed by atoms with Crippen LogP contribution in [0.2, 0.25) is 0 Å². The normalized spacial score (nSPS) is 21.6. The third-order valence-corrected chi connectivity index (χ3v) is 2.82. The van der Waals surface area contributed by atoms with Crippen LogP contribution in [0, 0.1) is 5.41 Å². The van der Waals surface area contributed by atoms with Crippen molar-refractivity contribution in [3.63, 3.8) is 0 Å². The molecule has 1 aromatic carbocycles. The van der Waals surface area contributed by atoms with E-state index in [-0.39, 0.29) is 6.10 Å². The lowest BCUT2D eigenvalue weighted by Crippen LogP contribution is -2.35. The van der Waals surface area contributed by atoms with E-state index in [0.29, 0.717) is 5.84 Å². The lowest BCUT2D eigenvalue weighted by Gasteiger charge is -2.24. The van der Waals surface area contributed by atoms with Gasteiger partial charge < -0.3 is 9.64 Å². The van der Waals surface area contributed by atoms with E-state index in [1.807, 2.05) is 30.3 Å². The first-order valence-electron chi connectivity index (χ1n) is 5.78. The van der Waals surface area contributed by atoms with E-state index < -0.39 is 0 Å². The van der Waals surface area contributed by atoms with Crippen LogP contribution < -0.4 is 0 Å². The minimum absolute atomic E-state index is 0.214. The van der Waals surface area contributed by atoms with Crippen LogP contribution in [0.25, 0.3) is 0 Å². The van der Waals surface area contributed by atoms with Gasteiger partial charge >= 0.3 is 0 Å². The Kier molecular flexibility index (Phi) is 3.57. The van der Waals surface area contributed by atoms with Crippen LogP contribution >= 0.6 is 0 Å². The standard InChI is InChI=1S/C13H18N2O/c1-11-10-15(8-5-9-16-11)13(14)12-6-3-2-4-7-12/h2-4,6-7,11,14H,5,8-10H2,1H3. The van der Waals surface area contributed by atoms with Gasteiger partial charge in [-0.05, 0) is 13.3 Å². The fourth-order valence-corrected chi connectivity index (χ4v) is 1.98. The van der Waals surface area contributed by atoms with Crippen molar-refractivity contribution in [2.24, 2.45) is 0 Å². The molecular formula is C13H18N2O. The SMILES string of the molecule is CC1CN(C(=N)c2ccccc2)CCCO1. The molecule has 1 saturated heterocycles. The summed E-state index contributed by atoms with van der Waals surface area (Å²) >= 11 is 0. The molecule has 2 rings (SSSR count). The summed E-state index contributed by atoms with van der Waals surface area (Å²) in [6.45, 7) is 4.60. The van der Waals surface area contributed by atoms with Crippen LogP contribution in [-0.2, 0) is 4.74 Å². The van der Waals surface area contributed by atoms with Crippen molar-refractivity contribution >= 4 is 5.84 Å². The molecule has 3 heteroatoms. The third-order valence-electron chi connectivity index (χ3n) is 2.82. The minimum atomic E-state index is 0.214. The molecule has 1 atom stereocenters. The van der Waals surface area contributed by atoms with E-state index in [1.54, 1.807) is 0 Å². The van der Waals surface area contributed by atoms with Crippen molar-refractivity contribution in [3.05, 3.63) is 35.9 Å². The van der Waals surface area contributed by atoms with Gasteiger partial charge in [-0.25, -0.2) is 0 Å². The number of nitrogens with zero attached hydrogens (tertiary/aromatic N) is 1. The highest BCUT2D eigenvalue weighted by molar-refractivity contribution is 5.96. The largest absolute Gasteiger partial charge is 0.377 e.